The van der Waals surface area contributed by atoms with Gasteiger partial charge in [0.2, 0.25) is 0 Å². The first kappa shape index (κ1) is 13.6. The van der Waals surface area contributed by atoms with Gasteiger partial charge >= 0.3 is 5.97 Å². The molecule has 2 rings (SSSR count). The average Bonchev–Trinajstić information content (AvgIpc) is 2.97. The summed E-state index contributed by atoms with van der Waals surface area (Å²) in [5.74, 6) is -0.101. The van der Waals surface area contributed by atoms with Gasteiger partial charge in [-0.05, 0) is 32.6 Å². The molecule has 4 heteroatoms. The second-order valence-electron chi connectivity index (χ2n) is 4.83. The molecular formula is C14H22O4. The molecule has 4 nitrogen and oxygen atoms in total. The van der Waals surface area contributed by atoms with Crippen LogP contribution in [0.5, 0.6) is 0 Å². The Balaban J connectivity index is 1.74. The third kappa shape index (κ3) is 3.12. The van der Waals surface area contributed by atoms with Gasteiger partial charge in [0.15, 0.2) is 5.79 Å². The fraction of sp³-hybridized carbons (Fsp3) is 0.786. The van der Waals surface area contributed by atoms with Gasteiger partial charge in [-0.25, -0.2) is 4.79 Å². The Morgan fingerprint density at radius 2 is 2.22 bits per heavy atom. The van der Waals surface area contributed by atoms with Crippen LogP contribution in [0.25, 0.3) is 0 Å². The highest BCUT2D eigenvalue weighted by atomic mass is 16.7. The lowest BCUT2D eigenvalue weighted by Gasteiger charge is -2.29. The maximum absolute atomic E-state index is 11.1. The van der Waals surface area contributed by atoms with E-state index in [4.69, 9.17) is 14.2 Å². The van der Waals surface area contributed by atoms with Crippen LogP contribution >= 0.6 is 0 Å². The smallest absolute Gasteiger partial charge is 0.330 e. The minimum atomic E-state index is -0.308. The van der Waals surface area contributed by atoms with Gasteiger partial charge in [0, 0.05) is 18.4 Å². The van der Waals surface area contributed by atoms with Gasteiger partial charge in [0.1, 0.15) is 0 Å². The highest BCUT2D eigenvalue weighted by Gasteiger charge is 2.47. The van der Waals surface area contributed by atoms with E-state index in [0.717, 1.165) is 38.9 Å². The minimum Gasteiger partial charge on any atom is -0.463 e. The fourth-order valence-electron chi connectivity index (χ4n) is 2.90. The summed E-state index contributed by atoms with van der Waals surface area (Å²) in [6.07, 6.45) is 8.63. The Kier molecular flexibility index (Phi) is 4.78. The van der Waals surface area contributed by atoms with E-state index < -0.39 is 0 Å². The lowest BCUT2D eigenvalue weighted by Crippen LogP contribution is -2.34. The third-order valence-electron chi connectivity index (χ3n) is 3.70. The van der Waals surface area contributed by atoms with Crippen molar-refractivity contribution in [2.24, 2.45) is 5.92 Å². The van der Waals surface area contributed by atoms with Crippen LogP contribution in [0.15, 0.2) is 12.2 Å². The predicted octanol–water partition coefficient (Wildman–Crippen LogP) is 2.43. The average molecular weight is 254 g/mol. The maximum Gasteiger partial charge on any atom is 0.330 e. The molecule has 1 heterocycles. The zero-order valence-corrected chi connectivity index (χ0v) is 11.0. The van der Waals surface area contributed by atoms with Crippen molar-refractivity contribution in [3.05, 3.63) is 12.2 Å². The Hall–Kier alpha value is -0.870. The molecule has 1 saturated carbocycles. The zero-order valence-electron chi connectivity index (χ0n) is 11.0. The van der Waals surface area contributed by atoms with Crippen LogP contribution in [0, 0.1) is 5.92 Å². The van der Waals surface area contributed by atoms with Crippen LogP contribution in [0.3, 0.4) is 0 Å². The molecular weight excluding hydrogens is 232 g/mol. The van der Waals surface area contributed by atoms with Gasteiger partial charge in [-0.1, -0.05) is 6.08 Å². The van der Waals surface area contributed by atoms with E-state index in [0.29, 0.717) is 12.5 Å². The molecule has 1 atom stereocenters. The standard InChI is InChI=1S/C14H22O4/c1-2-16-13(15)8-4-3-6-12-7-5-9-14(12)17-10-11-18-14/h4,8,12H,2-3,5-7,9-11H2,1H3/b8-4+. The molecule has 1 aliphatic carbocycles. The van der Waals surface area contributed by atoms with Gasteiger partial charge in [-0.2, -0.15) is 0 Å². The van der Waals surface area contributed by atoms with Crippen molar-refractivity contribution in [1.82, 2.24) is 0 Å². The molecule has 2 aliphatic rings. The molecule has 0 radical (unpaired) electrons. The second-order valence-corrected chi connectivity index (χ2v) is 4.83. The van der Waals surface area contributed by atoms with E-state index in [1.165, 1.54) is 12.5 Å². The van der Waals surface area contributed by atoms with E-state index in [1.807, 2.05) is 13.0 Å². The van der Waals surface area contributed by atoms with Crippen LogP contribution in [0.4, 0.5) is 0 Å². The number of esters is 1. The van der Waals surface area contributed by atoms with Gasteiger partial charge in [-0.15, -0.1) is 0 Å². The molecule has 0 aromatic carbocycles. The Morgan fingerprint density at radius 3 is 2.94 bits per heavy atom. The van der Waals surface area contributed by atoms with E-state index in [1.54, 1.807) is 0 Å². The van der Waals surface area contributed by atoms with Crippen LogP contribution in [0.1, 0.15) is 39.0 Å². The zero-order chi connectivity index (χ0) is 12.8. The summed E-state index contributed by atoms with van der Waals surface area (Å²) in [6.45, 7) is 3.67. The summed E-state index contributed by atoms with van der Waals surface area (Å²) >= 11 is 0. The number of ether oxygens (including phenoxy) is 3. The van der Waals surface area contributed by atoms with Gasteiger partial charge in [-0.3, -0.25) is 0 Å². The lowest BCUT2D eigenvalue weighted by molar-refractivity contribution is -0.182. The summed E-state index contributed by atoms with van der Waals surface area (Å²) in [5.41, 5.74) is 0. The first-order valence-corrected chi connectivity index (χ1v) is 6.88. The topological polar surface area (TPSA) is 44.8 Å². The molecule has 2 fully saturated rings. The van der Waals surface area contributed by atoms with Crippen molar-refractivity contribution < 1.29 is 19.0 Å². The molecule has 102 valence electrons. The van der Waals surface area contributed by atoms with Gasteiger partial charge < -0.3 is 14.2 Å². The largest absolute Gasteiger partial charge is 0.463 e. The summed E-state index contributed by atoms with van der Waals surface area (Å²) in [4.78, 5) is 11.1. The summed E-state index contributed by atoms with van der Waals surface area (Å²) in [5, 5.41) is 0. The van der Waals surface area contributed by atoms with Crippen molar-refractivity contribution in [1.29, 1.82) is 0 Å². The van der Waals surface area contributed by atoms with Crippen LogP contribution in [-0.2, 0) is 19.0 Å². The lowest BCUT2D eigenvalue weighted by atomic mass is 9.96. The molecule has 0 aromatic rings. The Labute approximate surface area is 108 Å². The van der Waals surface area contributed by atoms with Gasteiger partial charge in [0.25, 0.3) is 0 Å². The van der Waals surface area contributed by atoms with Crippen molar-refractivity contribution in [2.75, 3.05) is 19.8 Å². The molecule has 0 N–H and O–H groups in total. The highest BCUT2D eigenvalue weighted by molar-refractivity contribution is 5.81. The Morgan fingerprint density at radius 1 is 1.44 bits per heavy atom. The molecule has 0 amide bonds. The highest BCUT2D eigenvalue weighted by Crippen LogP contribution is 2.44. The van der Waals surface area contributed by atoms with Crippen molar-refractivity contribution in [3.63, 3.8) is 0 Å². The summed E-state index contributed by atoms with van der Waals surface area (Å²) < 4.78 is 16.4. The predicted molar refractivity (Wildman–Crippen MR) is 67.0 cm³/mol. The Bertz CT molecular complexity index is 299. The molecule has 1 spiro atoms. The molecule has 0 aromatic heterocycles. The minimum absolute atomic E-state index is 0.257. The molecule has 1 aliphatic heterocycles. The monoisotopic (exact) mass is 254 g/mol. The van der Waals surface area contributed by atoms with Gasteiger partial charge in [0.05, 0.1) is 19.8 Å². The van der Waals surface area contributed by atoms with E-state index in [9.17, 15) is 4.79 Å². The van der Waals surface area contributed by atoms with Crippen LogP contribution < -0.4 is 0 Å². The second kappa shape index (κ2) is 6.34. The van der Waals surface area contributed by atoms with Crippen molar-refractivity contribution in [3.8, 4) is 0 Å². The normalized spacial score (nSPS) is 26.2. The van der Waals surface area contributed by atoms with Crippen LogP contribution in [0.2, 0.25) is 0 Å². The SMILES string of the molecule is CCOC(=O)/C=C/CCC1CCCC12OCCO2. The third-order valence-corrected chi connectivity index (χ3v) is 3.70. The number of hydrogen-bond acceptors (Lipinski definition) is 4. The van der Waals surface area contributed by atoms with E-state index in [-0.39, 0.29) is 11.8 Å². The van der Waals surface area contributed by atoms with E-state index in [2.05, 4.69) is 0 Å². The number of carbonyl (C=O) groups excluding carboxylic acids is 1. The number of carbonyl (C=O) groups is 1. The molecule has 1 unspecified atom stereocenters. The van der Waals surface area contributed by atoms with Crippen molar-refractivity contribution in [2.45, 2.75) is 44.8 Å². The quantitative estimate of drug-likeness (QED) is 0.558. The molecule has 18 heavy (non-hydrogen) atoms. The molecule has 0 bridgehead atoms. The van der Waals surface area contributed by atoms with Crippen molar-refractivity contribution >= 4 is 5.97 Å². The number of rotatable bonds is 5. The number of hydrogen-bond donors (Lipinski definition) is 0. The molecule has 1 saturated heterocycles. The van der Waals surface area contributed by atoms with Crippen LogP contribution in [-0.4, -0.2) is 31.6 Å². The number of allylic oxidation sites excluding steroid dienone is 1. The summed E-state index contributed by atoms with van der Waals surface area (Å²) in [6, 6.07) is 0. The van der Waals surface area contributed by atoms with E-state index >= 15 is 0 Å². The summed E-state index contributed by atoms with van der Waals surface area (Å²) in [7, 11) is 0. The first-order valence-electron chi connectivity index (χ1n) is 6.88. The fourth-order valence-corrected chi connectivity index (χ4v) is 2.90. The first-order chi connectivity index (χ1) is 8.77. The maximum atomic E-state index is 11.1.